The summed E-state index contributed by atoms with van der Waals surface area (Å²) in [5.41, 5.74) is 3.48. The average Bonchev–Trinajstić information content (AvgIpc) is 3.33. The Kier molecular flexibility index (Phi) is 5.45. The van der Waals surface area contributed by atoms with E-state index >= 15 is 0 Å². The molecule has 3 aromatic rings. The second-order valence-corrected chi connectivity index (χ2v) is 7.64. The minimum atomic E-state index is -0.160. The van der Waals surface area contributed by atoms with E-state index in [2.05, 4.69) is 15.2 Å². The van der Waals surface area contributed by atoms with Gasteiger partial charge in [0.1, 0.15) is 11.4 Å². The van der Waals surface area contributed by atoms with Crippen molar-refractivity contribution in [2.24, 2.45) is 0 Å². The molecule has 1 aromatic carbocycles. The van der Waals surface area contributed by atoms with E-state index in [-0.39, 0.29) is 18.6 Å². The number of halogens is 1. The second-order valence-electron chi connectivity index (χ2n) is 7.24. The highest BCUT2D eigenvalue weighted by Gasteiger charge is 2.27. The van der Waals surface area contributed by atoms with Crippen molar-refractivity contribution in [2.75, 3.05) is 26.0 Å². The fourth-order valence-corrected chi connectivity index (χ4v) is 4.02. The van der Waals surface area contributed by atoms with E-state index in [0.717, 1.165) is 24.9 Å². The standard InChI is InChI=1S/C21H23ClN4O3/c1-25-6-3-4-18(25)21(28)23-14-5-7-26-11-17(24-20(26)9-14)15-10-16(22)19(29-2)8-13(15)12-27/h5,7-11,18,27H,3-4,6,12H2,1-2H3,(H,23,28)/t18-/m0/s1. The minimum Gasteiger partial charge on any atom is -0.495 e. The lowest BCUT2D eigenvalue weighted by atomic mass is 10.1. The number of rotatable bonds is 5. The predicted molar refractivity (Wildman–Crippen MR) is 112 cm³/mol. The van der Waals surface area contributed by atoms with Gasteiger partial charge in [-0.05, 0) is 50.2 Å². The van der Waals surface area contributed by atoms with Crippen molar-refractivity contribution < 1.29 is 14.6 Å². The van der Waals surface area contributed by atoms with E-state index in [0.29, 0.717) is 33.4 Å². The van der Waals surface area contributed by atoms with Crippen molar-refractivity contribution in [3.63, 3.8) is 0 Å². The molecule has 29 heavy (non-hydrogen) atoms. The number of aliphatic hydroxyl groups is 1. The summed E-state index contributed by atoms with van der Waals surface area (Å²) in [6.45, 7) is 0.783. The molecular formula is C21H23ClN4O3. The van der Waals surface area contributed by atoms with Gasteiger partial charge in [-0.25, -0.2) is 4.98 Å². The molecule has 0 saturated carbocycles. The van der Waals surface area contributed by atoms with Gasteiger partial charge < -0.3 is 19.6 Å². The zero-order valence-electron chi connectivity index (χ0n) is 16.4. The number of benzene rings is 1. The molecule has 152 valence electrons. The SMILES string of the molecule is COc1cc(CO)c(-c2cn3ccc(NC(=O)[C@@H]4CCCN4C)cc3n2)cc1Cl. The van der Waals surface area contributed by atoms with Gasteiger partial charge in [-0.3, -0.25) is 9.69 Å². The topological polar surface area (TPSA) is 79.1 Å². The smallest absolute Gasteiger partial charge is 0.241 e. The Labute approximate surface area is 173 Å². The Balaban J connectivity index is 1.64. The maximum absolute atomic E-state index is 12.5. The second kappa shape index (κ2) is 8.02. The molecule has 7 nitrogen and oxygen atoms in total. The molecule has 1 amide bonds. The number of likely N-dealkylation sites (N-methyl/N-ethyl adjacent to an activating group) is 1. The highest BCUT2D eigenvalue weighted by atomic mass is 35.5. The molecule has 3 heterocycles. The largest absolute Gasteiger partial charge is 0.495 e. The summed E-state index contributed by atoms with van der Waals surface area (Å²) in [5, 5.41) is 13.2. The number of hydrogen-bond donors (Lipinski definition) is 2. The first kappa shape index (κ1) is 19.7. The maximum Gasteiger partial charge on any atom is 0.241 e. The average molecular weight is 415 g/mol. The molecule has 0 unspecified atom stereocenters. The minimum absolute atomic E-state index is 0.00522. The monoisotopic (exact) mass is 414 g/mol. The summed E-state index contributed by atoms with van der Waals surface area (Å²) in [5.74, 6) is 0.510. The summed E-state index contributed by atoms with van der Waals surface area (Å²) in [7, 11) is 3.51. The quantitative estimate of drug-likeness (QED) is 0.670. The Morgan fingerprint density at radius 2 is 2.24 bits per heavy atom. The van der Waals surface area contributed by atoms with Gasteiger partial charge in [-0.15, -0.1) is 0 Å². The summed E-state index contributed by atoms with van der Waals surface area (Å²) in [6.07, 6.45) is 5.63. The molecular weight excluding hydrogens is 392 g/mol. The first-order valence-electron chi connectivity index (χ1n) is 9.47. The molecule has 0 aliphatic carbocycles. The number of hydrogen-bond acceptors (Lipinski definition) is 5. The molecule has 2 N–H and O–H groups in total. The van der Waals surface area contributed by atoms with E-state index in [1.165, 1.54) is 7.11 Å². The van der Waals surface area contributed by atoms with Gasteiger partial charge in [-0.1, -0.05) is 11.6 Å². The number of nitrogens with one attached hydrogen (secondary N) is 1. The van der Waals surface area contributed by atoms with Gasteiger partial charge in [0, 0.05) is 29.7 Å². The van der Waals surface area contributed by atoms with Crippen molar-refractivity contribution in [3.05, 3.63) is 47.2 Å². The van der Waals surface area contributed by atoms with E-state index in [1.54, 1.807) is 12.1 Å². The number of anilines is 1. The molecule has 8 heteroatoms. The number of methoxy groups -OCH3 is 1. The fourth-order valence-electron chi connectivity index (χ4n) is 3.78. The lowest BCUT2D eigenvalue weighted by Gasteiger charge is -2.18. The number of carbonyl (C=O) groups excluding carboxylic acids is 1. The maximum atomic E-state index is 12.5. The number of carbonyl (C=O) groups is 1. The number of pyridine rings is 1. The predicted octanol–water partition coefficient (Wildman–Crippen LogP) is 3.19. The molecule has 2 aromatic heterocycles. The fraction of sp³-hybridized carbons (Fsp3) is 0.333. The summed E-state index contributed by atoms with van der Waals surface area (Å²) >= 11 is 6.27. The van der Waals surface area contributed by atoms with Gasteiger partial charge in [0.2, 0.25) is 5.91 Å². The Morgan fingerprint density at radius 1 is 1.41 bits per heavy atom. The highest BCUT2D eigenvalue weighted by Crippen LogP contribution is 2.34. The molecule has 4 rings (SSSR count). The van der Waals surface area contributed by atoms with Crippen LogP contribution in [0.15, 0.2) is 36.7 Å². The number of nitrogens with zero attached hydrogens (tertiary/aromatic N) is 3. The van der Waals surface area contributed by atoms with Crippen LogP contribution >= 0.6 is 11.6 Å². The van der Waals surface area contributed by atoms with Crippen molar-refractivity contribution in [2.45, 2.75) is 25.5 Å². The van der Waals surface area contributed by atoms with Crippen LogP contribution in [0.3, 0.4) is 0 Å². The molecule has 1 atom stereocenters. The lowest BCUT2D eigenvalue weighted by Crippen LogP contribution is -2.37. The zero-order valence-corrected chi connectivity index (χ0v) is 17.1. The van der Waals surface area contributed by atoms with Crippen LogP contribution in [0.2, 0.25) is 5.02 Å². The molecule has 0 bridgehead atoms. The molecule has 1 aliphatic heterocycles. The first-order chi connectivity index (χ1) is 14.0. The number of ether oxygens (including phenoxy) is 1. The number of aliphatic hydroxyl groups excluding tert-OH is 1. The van der Waals surface area contributed by atoms with Crippen LogP contribution in [0.4, 0.5) is 5.69 Å². The van der Waals surface area contributed by atoms with Crippen molar-refractivity contribution >= 4 is 28.8 Å². The number of likely N-dealkylation sites (tertiary alicyclic amines) is 1. The Bertz CT molecular complexity index is 1070. The van der Waals surface area contributed by atoms with Gasteiger partial charge in [-0.2, -0.15) is 0 Å². The number of fused-ring (bicyclic) bond motifs is 1. The van der Waals surface area contributed by atoms with E-state index in [1.807, 2.05) is 36.0 Å². The van der Waals surface area contributed by atoms with Crippen LogP contribution in [0.25, 0.3) is 16.9 Å². The Hall–Kier alpha value is -2.61. The Morgan fingerprint density at radius 3 is 2.93 bits per heavy atom. The van der Waals surface area contributed by atoms with Crippen molar-refractivity contribution in [3.8, 4) is 17.0 Å². The van der Waals surface area contributed by atoms with E-state index in [4.69, 9.17) is 16.3 Å². The van der Waals surface area contributed by atoms with Crippen LogP contribution in [-0.4, -0.2) is 52.0 Å². The molecule has 0 spiro atoms. The van der Waals surface area contributed by atoms with Gasteiger partial charge in [0.25, 0.3) is 0 Å². The van der Waals surface area contributed by atoms with E-state index in [9.17, 15) is 9.90 Å². The van der Waals surface area contributed by atoms with E-state index < -0.39 is 0 Å². The van der Waals surface area contributed by atoms with Crippen LogP contribution in [-0.2, 0) is 11.4 Å². The molecule has 1 saturated heterocycles. The lowest BCUT2D eigenvalue weighted by molar-refractivity contribution is -0.119. The molecule has 0 radical (unpaired) electrons. The summed E-state index contributed by atoms with van der Waals surface area (Å²) in [6, 6.07) is 7.05. The number of imidazole rings is 1. The normalized spacial score (nSPS) is 17.0. The van der Waals surface area contributed by atoms with Gasteiger partial charge in [0.05, 0.1) is 30.5 Å². The first-order valence-corrected chi connectivity index (χ1v) is 9.85. The van der Waals surface area contributed by atoms with Gasteiger partial charge in [0.15, 0.2) is 0 Å². The number of amides is 1. The zero-order chi connectivity index (χ0) is 20.5. The van der Waals surface area contributed by atoms with Crippen molar-refractivity contribution in [1.82, 2.24) is 14.3 Å². The third-order valence-electron chi connectivity index (χ3n) is 5.37. The third kappa shape index (κ3) is 3.81. The van der Waals surface area contributed by atoms with Crippen LogP contribution in [0.1, 0.15) is 18.4 Å². The number of aromatic nitrogens is 2. The van der Waals surface area contributed by atoms with Crippen LogP contribution in [0, 0.1) is 0 Å². The summed E-state index contributed by atoms with van der Waals surface area (Å²) in [4.78, 5) is 19.3. The highest BCUT2D eigenvalue weighted by molar-refractivity contribution is 6.32. The third-order valence-corrected chi connectivity index (χ3v) is 5.67. The summed E-state index contributed by atoms with van der Waals surface area (Å²) < 4.78 is 7.09. The molecule has 1 fully saturated rings. The molecule has 1 aliphatic rings. The van der Waals surface area contributed by atoms with Crippen molar-refractivity contribution in [1.29, 1.82) is 0 Å². The van der Waals surface area contributed by atoms with Crippen LogP contribution < -0.4 is 10.1 Å². The van der Waals surface area contributed by atoms with Crippen LogP contribution in [0.5, 0.6) is 5.75 Å². The van der Waals surface area contributed by atoms with Gasteiger partial charge >= 0.3 is 0 Å².